The first-order chi connectivity index (χ1) is 15.2. The minimum Gasteiger partial charge on any atom is -0.496 e. The number of ether oxygens (including phenoxy) is 1. The van der Waals surface area contributed by atoms with E-state index in [2.05, 4.69) is 0 Å². The van der Waals surface area contributed by atoms with Crippen LogP contribution in [-0.4, -0.2) is 16.7 Å². The lowest BCUT2D eigenvalue weighted by Crippen LogP contribution is -2.24. The summed E-state index contributed by atoms with van der Waals surface area (Å²) in [5.74, 6) is 0.832. The molecule has 31 heavy (non-hydrogen) atoms. The maximum Gasteiger partial charge on any atom is 0.261 e. The van der Waals surface area contributed by atoms with E-state index in [0.717, 1.165) is 21.9 Å². The van der Waals surface area contributed by atoms with Crippen molar-refractivity contribution in [2.24, 2.45) is 0 Å². The summed E-state index contributed by atoms with van der Waals surface area (Å²) in [6, 6.07) is 25.3. The largest absolute Gasteiger partial charge is 0.496 e. The summed E-state index contributed by atoms with van der Waals surface area (Å²) < 4.78 is 20.7. The molecule has 1 heterocycles. The zero-order chi connectivity index (χ0) is 21.4. The van der Waals surface area contributed by atoms with Crippen molar-refractivity contribution in [1.82, 2.24) is 9.55 Å². The highest BCUT2D eigenvalue weighted by Crippen LogP contribution is 2.36. The normalized spacial score (nSPS) is 11.2. The Morgan fingerprint density at radius 1 is 0.871 bits per heavy atom. The van der Waals surface area contributed by atoms with Crippen molar-refractivity contribution < 1.29 is 9.13 Å². The van der Waals surface area contributed by atoms with Gasteiger partial charge in [-0.15, -0.1) is 0 Å². The Balaban J connectivity index is 1.86. The standard InChI is InChI=1S/C26H19FN2O2/c1-31-23-15-12-18-6-2-3-7-20(18)24(23)25-28-22-9-5-4-8-21(22)26(30)29(25)16-17-10-13-19(27)14-11-17/h2-15H,16H2,1H3. The van der Waals surface area contributed by atoms with E-state index in [4.69, 9.17) is 9.72 Å². The van der Waals surface area contributed by atoms with E-state index in [1.165, 1.54) is 12.1 Å². The van der Waals surface area contributed by atoms with Crippen molar-refractivity contribution in [2.75, 3.05) is 7.11 Å². The zero-order valence-corrected chi connectivity index (χ0v) is 16.9. The number of hydrogen-bond acceptors (Lipinski definition) is 3. The van der Waals surface area contributed by atoms with E-state index in [1.807, 2.05) is 54.6 Å². The number of para-hydroxylation sites is 1. The second-order valence-corrected chi connectivity index (χ2v) is 7.33. The SMILES string of the molecule is COc1ccc2ccccc2c1-c1nc2ccccc2c(=O)n1Cc1ccc(F)cc1. The third kappa shape index (κ3) is 3.34. The molecule has 0 spiro atoms. The maximum absolute atomic E-state index is 13.5. The van der Waals surface area contributed by atoms with Crippen LogP contribution in [-0.2, 0) is 6.54 Å². The van der Waals surface area contributed by atoms with E-state index in [-0.39, 0.29) is 17.9 Å². The van der Waals surface area contributed by atoms with Gasteiger partial charge >= 0.3 is 0 Å². The molecule has 4 nitrogen and oxygen atoms in total. The van der Waals surface area contributed by atoms with Gasteiger partial charge in [0.25, 0.3) is 5.56 Å². The number of aromatic nitrogens is 2. The minimum atomic E-state index is -0.316. The van der Waals surface area contributed by atoms with Gasteiger partial charge in [-0.3, -0.25) is 9.36 Å². The molecule has 0 saturated carbocycles. The van der Waals surface area contributed by atoms with Gasteiger partial charge in [-0.05, 0) is 46.7 Å². The van der Waals surface area contributed by atoms with Crippen LogP contribution in [0.1, 0.15) is 5.56 Å². The molecule has 1 aromatic heterocycles. The Morgan fingerprint density at radius 2 is 1.58 bits per heavy atom. The van der Waals surface area contributed by atoms with Gasteiger partial charge in [0.2, 0.25) is 0 Å². The molecule has 0 N–H and O–H groups in total. The first kappa shape index (κ1) is 19.0. The monoisotopic (exact) mass is 410 g/mol. The summed E-state index contributed by atoms with van der Waals surface area (Å²) in [6.07, 6.45) is 0. The number of methoxy groups -OCH3 is 1. The Kier molecular flexibility index (Phi) is 4.71. The quantitative estimate of drug-likeness (QED) is 0.398. The lowest BCUT2D eigenvalue weighted by molar-refractivity contribution is 0.416. The molecule has 0 fully saturated rings. The second kappa shape index (κ2) is 7.69. The van der Waals surface area contributed by atoms with E-state index >= 15 is 0 Å². The zero-order valence-electron chi connectivity index (χ0n) is 16.9. The molecule has 0 aliphatic heterocycles. The summed E-state index contributed by atoms with van der Waals surface area (Å²) >= 11 is 0. The van der Waals surface area contributed by atoms with E-state index in [0.29, 0.717) is 22.5 Å². The van der Waals surface area contributed by atoms with Gasteiger partial charge in [0.1, 0.15) is 17.4 Å². The lowest BCUT2D eigenvalue weighted by Gasteiger charge is -2.18. The van der Waals surface area contributed by atoms with Gasteiger partial charge in [0.15, 0.2) is 0 Å². The van der Waals surface area contributed by atoms with Crippen LogP contribution in [0, 0.1) is 5.82 Å². The molecule has 5 heteroatoms. The minimum absolute atomic E-state index is 0.153. The molecule has 5 aromatic rings. The molecular formula is C26H19FN2O2. The molecule has 0 saturated heterocycles. The number of halogens is 1. The van der Waals surface area contributed by atoms with Crippen LogP contribution in [0.3, 0.4) is 0 Å². The van der Waals surface area contributed by atoms with Gasteiger partial charge in [-0.25, -0.2) is 9.37 Å². The van der Waals surface area contributed by atoms with Crippen molar-refractivity contribution in [1.29, 1.82) is 0 Å². The van der Waals surface area contributed by atoms with Gasteiger partial charge < -0.3 is 4.74 Å². The first-order valence-electron chi connectivity index (χ1n) is 9.96. The number of hydrogen-bond donors (Lipinski definition) is 0. The average Bonchev–Trinajstić information content (AvgIpc) is 2.81. The van der Waals surface area contributed by atoms with Crippen LogP contribution >= 0.6 is 0 Å². The summed E-state index contributed by atoms with van der Waals surface area (Å²) in [5, 5.41) is 2.50. The van der Waals surface area contributed by atoms with Crippen molar-refractivity contribution in [3.63, 3.8) is 0 Å². The van der Waals surface area contributed by atoms with Gasteiger partial charge in [0.05, 0.1) is 30.1 Å². The molecule has 0 aliphatic carbocycles. The van der Waals surface area contributed by atoms with Crippen LogP contribution in [0.15, 0.2) is 89.7 Å². The van der Waals surface area contributed by atoms with E-state index < -0.39 is 0 Å². The Labute approximate surface area is 178 Å². The van der Waals surface area contributed by atoms with Crippen molar-refractivity contribution >= 4 is 21.7 Å². The predicted octanol–water partition coefficient (Wildman–Crippen LogP) is 5.41. The molecule has 0 atom stereocenters. The number of benzene rings is 4. The molecular weight excluding hydrogens is 391 g/mol. The summed E-state index contributed by atoms with van der Waals surface area (Å²) in [7, 11) is 1.61. The average molecular weight is 410 g/mol. The third-order valence-corrected chi connectivity index (χ3v) is 5.45. The fourth-order valence-electron chi connectivity index (χ4n) is 3.93. The number of rotatable bonds is 4. The second-order valence-electron chi connectivity index (χ2n) is 7.33. The van der Waals surface area contributed by atoms with Gasteiger partial charge in [-0.1, -0.05) is 54.6 Å². The molecule has 0 aliphatic rings. The smallest absolute Gasteiger partial charge is 0.261 e. The maximum atomic E-state index is 13.5. The number of fused-ring (bicyclic) bond motifs is 2. The molecule has 4 aromatic carbocycles. The molecule has 0 radical (unpaired) electrons. The first-order valence-corrected chi connectivity index (χ1v) is 9.96. The molecule has 5 rings (SSSR count). The van der Waals surface area contributed by atoms with Crippen molar-refractivity contribution in [3.05, 3.63) is 107 Å². The third-order valence-electron chi connectivity index (χ3n) is 5.45. The summed E-state index contributed by atoms with van der Waals surface area (Å²) in [5.41, 5.74) is 2.03. The van der Waals surface area contributed by atoms with Crippen LogP contribution in [0.5, 0.6) is 5.75 Å². The Bertz CT molecular complexity index is 1470. The van der Waals surface area contributed by atoms with Gasteiger partial charge in [-0.2, -0.15) is 0 Å². The molecule has 0 unspecified atom stereocenters. The molecule has 0 amide bonds. The highest BCUT2D eigenvalue weighted by atomic mass is 19.1. The molecule has 152 valence electrons. The van der Waals surface area contributed by atoms with E-state index in [9.17, 15) is 9.18 Å². The van der Waals surface area contributed by atoms with Crippen molar-refractivity contribution in [3.8, 4) is 17.1 Å². The van der Waals surface area contributed by atoms with Crippen LogP contribution in [0.2, 0.25) is 0 Å². The fourth-order valence-corrected chi connectivity index (χ4v) is 3.93. The Hall–Kier alpha value is -3.99. The van der Waals surface area contributed by atoms with Crippen LogP contribution in [0.4, 0.5) is 4.39 Å². The van der Waals surface area contributed by atoms with Gasteiger partial charge in [0, 0.05) is 0 Å². The topological polar surface area (TPSA) is 44.1 Å². The summed E-state index contributed by atoms with van der Waals surface area (Å²) in [6.45, 7) is 0.263. The lowest BCUT2D eigenvalue weighted by atomic mass is 10.0. The van der Waals surface area contributed by atoms with Crippen molar-refractivity contribution in [2.45, 2.75) is 6.54 Å². The summed E-state index contributed by atoms with van der Waals surface area (Å²) in [4.78, 5) is 18.4. The highest BCUT2D eigenvalue weighted by Gasteiger charge is 2.19. The Morgan fingerprint density at radius 3 is 2.35 bits per heavy atom. The molecule has 0 bridgehead atoms. The van der Waals surface area contributed by atoms with E-state index in [1.54, 1.807) is 29.9 Å². The van der Waals surface area contributed by atoms with Crippen LogP contribution < -0.4 is 10.3 Å². The highest BCUT2D eigenvalue weighted by molar-refractivity contribution is 5.99. The predicted molar refractivity (Wildman–Crippen MR) is 121 cm³/mol. The number of nitrogens with zero attached hydrogens (tertiary/aromatic N) is 2. The van der Waals surface area contributed by atoms with Crippen LogP contribution in [0.25, 0.3) is 33.1 Å². The fraction of sp³-hybridized carbons (Fsp3) is 0.0769.